The van der Waals surface area contributed by atoms with Gasteiger partial charge in [-0.25, -0.2) is 4.98 Å². The average molecular weight is 328 g/mol. The molecule has 0 spiro atoms. The van der Waals surface area contributed by atoms with E-state index in [-0.39, 0.29) is 0 Å². The third-order valence-electron chi connectivity index (χ3n) is 3.38. The van der Waals surface area contributed by atoms with Crippen LogP contribution in [0.15, 0.2) is 10.7 Å². The molecule has 1 N–H and O–H groups in total. The molecular formula is C13H22BrN5. The van der Waals surface area contributed by atoms with Gasteiger partial charge in [0.25, 0.3) is 0 Å². The molecule has 1 aliphatic heterocycles. The van der Waals surface area contributed by atoms with E-state index in [0.29, 0.717) is 12.0 Å². The van der Waals surface area contributed by atoms with Crippen LogP contribution < -0.4 is 10.2 Å². The molecule has 2 heterocycles. The van der Waals surface area contributed by atoms with Crippen LogP contribution >= 0.6 is 15.9 Å². The van der Waals surface area contributed by atoms with Crippen molar-refractivity contribution in [2.45, 2.75) is 26.3 Å². The number of aromatic nitrogens is 2. The van der Waals surface area contributed by atoms with E-state index >= 15 is 0 Å². The van der Waals surface area contributed by atoms with Crippen LogP contribution in [0.1, 0.15) is 20.3 Å². The van der Waals surface area contributed by atoms with Crippen LogP contribution in [0, 0.1) is 0 Å². The third-order valence-corrected chi connectivity index (χ3v) is 3.94. The Hall–Kier alpha value is -0.880. The second kappa shape index (κ2) is 6.52. The molecule has 19 heavy (non-hydrogen) atoms. The maximum absolute atomic E-state index is 4.64. The standard InChI is InChI=1S/C13H22BrN5/c1-4-15-13-16-8-11(14)12(17-13)19-7-5-6-18(3)9-10(19)2/h8,10H,4-7,9H2,1-3H3,(H,15,16,17). The van der Waals surface area contributed by atoms with Crippen LogP contribution in [0.2, 0.25) is 0 Å². The van der Waals surface area contributed by atoms with Gasteiger partial charge in [0.15, 0.2) is 0 Å². The maximum Gasteiger partial charge on any atom is 0.224 e. The van der Waals surface area contributed by atoms with Crippen LogP contribution in [-0.2, 0) is 0 Å². The lowest BCUT2D eigenvalue weighted by atomic mass is 10.2. The average Bonchev–Trinajstić information content (AvgIpc) is 2.53. The fourth-order valence-corrected chi connectivity index (χ4v) is 2.91. The number of anilines is 2. The van der Waals surface area contributed by atoms with Gasteiger partial charge in [-0.05, 0) is 49.8 Å². The molecule has 1 fully saturated rings. The smallest absolute Gasteiger partial charge is 0.224 e. The summed E-state index contributed by atoms with van der Waals surface area (Å²) in [6.07, 6.45) is 3.00. The lowest BCUT2D eigenvalue weighted by Gasteiger charge is -2.29. The molecule has 1 aliphatic rings. The Balaban J connectivity index is 2.25. The van der Waals surface area contributed by atoms with E-state index in [0.717, 1.165) is 42.9 Å². The first-order valence-corrected chi connectivity index (χ1v) is 7.62. The van der Waals surface area contributed by atoms with E-state index in [4.69, 9.17) is 0 Å². The van der Waals surface area contributed by atoms with Crippen molar-refractivity contribution in [2.24, 2.45) is 0 Å². The van der Waals surface area contributed by atoms with Crippen LogP contribution in [0.25, 0.3) is 0 Å². The molecule has 1 unspecified atom stereocenters. The van der Waals surface area contributed by atoms with Gasteiger partial charge in [0.2, 0.25) is 5.95 Å². The summed E-state index contributed by atoms with van der Waals surface area (Å²) < 4.78 is 0.963. The molecule has 0 aliphatic carbocycles. The predicted octanol–water partition coefficient (Wildman–Crippen LogP) is 2.20. The van der Waals surface area contributed by atoms with Gasteiger partial charge in [0, 0.05) is 31.9 Å². The van der Waals surface area contributed by atoms with E-state index in [1.165, 1.54) is 0 Å². The van der Waals surface area contributed by atoms with Crippen LogP contribution in [-0.4, -0.2) is 54.1 Å². The largest absolute Gasteiger partial charge is 0.354 e. The summed E-state index contributed by atoms with van der Waals surface area (Å²) in [4.78, 5) is 13.7. The Kier molecular flexibility index (Phi) is 4.99. The number of nitrogens with one attached hydrogen (secondary N) is 1. The van der Waals surface area contributed by atoms with Gasteiger partial charge in [-0.15, -0.1) is 0 Å². The Labute approximate surface area is 123 Å². The Morgan fingerprint density at radius 3 is 3.00 bits per heavy atom. The van der Waals surface area contributed by atoms with Crippen molar-refractivity contribution < 1.29 is 0 Å². The molecule has 2 rings (SSSR count). The van der Waals surface area contributed by atoms with Gasteiger partial charge in [0.05, 0.1) is 4.47 Å². The summed E-state index contributed by atoms with van der Waals surface area (Å²) in [5, 5.41) is 3.17. The van der Waals surface area contributed by atoms with Crippen molar-refractivity contribution >= 4 is 27.7 Å². The molecule has 0 amide bonds. The molecule has 6 heteroatoms. The molecule has 5 nitrogen and oxygen atoms in total. The lowest BCUT2D eigenvalue weighted by molar-refractivity contribution is 0.337. The summed E-state index contributed by atoms with van der Waals surface area (Å²) in [5.74, 6) is 1.69. The van der Waals surface area contributed by atoms with Crippen molar-refractivity contribution in [1.29, 1.82) is 0 Å². The second-order valence-electron chi connectivity index (χ2n) is 5.05. The Bertz CT molecular complexity index is 425. The summed E-state index contributed by atoms with van der Waals surface area (Å²) in [5.41, 5.74) is 0. The predicted molar refractivity (Wildman–Crippen MR) is 82.8 cm³/mol. The molecule has 0 aromatic carbocycles. The van der Waals surface area contributed by atoms with Gasteiger partial charge >= 0.3 is 0 Å². The van der Waals surface area contributed by atoms with Gasteiger partial charge in [-0.3, -0.25) is 0 Å². The zero-order valence-electron chi connectivity index (χ0n) is 11.9. The van der Waals surface area contributed by atoms with Gasteiger partial charge in [-0.1, -0.05) is 0 Å². The summed E-state index contributed by atoms with van der Waals surface area (Å²) in [6.45, 7) is 8.38. The molecule has 0 saturated carbocycles. The zero-order chi connectivity index (χ0) is 13.8. The molecule has 106 valence electrons. The minimum atomic E-state index is 0.452. The number of hydrogen-bond donors (Lipinski definition) is 1. The zero-order valence-corrected chi connectivity index (χ0v) is 13.4. The summed E-state index contributed by atoms with van der Waals surface area (Å²) >= 11 is 3.58. The van der Waals surface area contributed by atoms with E-state index in [1.807, 2.05) is 6.20 Å². The fourth-order valence-electron chi connectivity index (χ4n) is 2.49. The minimum absolute atomic E-state index is 0.452. The molecular weight excluding hydrogens is 306 g/mol. The highest BCUT2D eigenvalue weighted by atomic mass is 79.9. The second-order valence-corrected chi connectivity index (χ2v) is 5.91. The van der Waals surface area contributed by atoms with Crippen LogP contribution in [0.3, 0.4) is 0 Å². The van der Waals surface area contributed by atoms with E-state index < -0.39 is 0 Å². The minimum Gasteiger partial charge on any atom is -0.354 e. The normalized spacial score (nSPS) is 21.3. The van der Waals surface area contributed by atoms with Crippen molar-refractivity contribution in [1.82, 2.24) is 14.9 Å². The monoisotopic (exact) mass is 327 g/mol. The van der Waals surface area contributed by atoms with E-state index in [2.05, 4.69) is 61.9 Å². The van der Waals surface area contributed by atoms with Crippen LogP contribution in [0.5, 0.6) is 0 Å². The first kappa shape index (κ1) is 14.5. The number of rotatable bonds is 3. The van der Waals surface area contributed by atoms with Crippen molar-refractivity contribution in [3.63, 3.8) is 0 Å². The van der Waals surface area contributed by atoms with Gasteiger partial charge in [0.1, 0.15) is 5.82 Å². The first-order valence-electron chi connectivity index (χ1n) is 6.83. The third kappa shape index (κ3) is 3.57. The first-order chi connectivity index (χ1) is 9.11. The number of likely N-dealkylation sites (N-methyl/N-ethyl adjacent to an activating group) is 1. The van der Waals surface area contributed by atoms with Crippen molar-refractivity contribution in [2.75, 3.05) is 43.4 Å². The highest BCUT2D eigenvalue weighted by Crippen LogP contribution is 2.27. The van der Waals surface area contributed by atoms with Gasteiger partial charge < -0.3 is 15.1 Å². The molecule has 1 saturated heterocycles. The Morgan fingerprint density at radius 1 is 1.47 bits per heavy atom. The highest BCUT2D eigenvalue weighted by molar-refractivity contribution is 9.10. The van der Waals surface area contributed by atoms with E-state index in [9.17, 15) is 0 Å². The molecule has 0 bridgehead atoms. The maximum atomic E-state index is 4.64. The molecule has 1 aromatic heterocycles. The van der Waals surface area contributed by atoms with Gasteiger partial charge in [-0.2, -0.15) is 4.98 Å². The van der Waals surface area contributed by atoms with Crippen molar-refractivity contribution in [3.8, 4) is 0 Å². The molecule has 1 aromatic rings. The summed E-state index contributed by atoms with van der Waals surface area (Å²) in [6, 6.07) is 0.452. The molecule has 1 atom stereocenters. The SMILES string of the molecule is CCNc1ncc(Br)c(N2CCCN(C)CC2C)n1. The van der Waals surface area contributed by atoms with Crippen LogP contribution in [0.4, 0.5) is 11.8 Å². The topological polar surface area (TPSA) is 44.3 Å². The lowest BCUT2D eigenvalue weighted by Crippen LogP contribution is -2.38. The van der Waals surface area contributed by atoms with E-state index in [1.54, 1.807) is 0 Å². The fraction of sp³-hybridized carbons (Fsp3) is 0.692. The number of nitrogens with zero attached hydrogens (tertiary/aromatic N) is 4. The quantitative estimate of drug-likeness (QED) is 0.922. The van der Waals surface area contributed by atoms with Crippen molar-refractivity contribution in [3.05, 3.63) is 10.7 Å². The number of hydrogen-bond acceptors (Lipinski definition) is 5. The Morgan fingerprint density at radius 2 is 2.26 bits per heavy atom. The molecule has 0 radical (unpaired) electrons. The summed E-state index contributed by atoms with van der Waals surface area (Å²) in [7, 11) is 2.18. The number of halogens is 1. The highest BCUT2D eigenvalue weighted by Gasteiger charge is 2.23.